The van der Waals surface area contributed by atoms with Crippen LogP contribution in [0.4, 0.5) is 14.5 Å². The molecule has 24 heavy (non-hydrogen) atoms. The summed E-state index contributed by atoms with van der Waals surface area (Å²) in [5.41, 5.74) is 0.304. The van der Waals surface area contributed by atoms with Crippen LogP contribution in [-0.2, 0) is 16.1 Å². The summed E-state index contributed by atoms with van der Waals surface area (Å²) in [6.45, 7) is -0.303. The minimum atomic E-state index is -0.995. The molecule has 2 N–H and O–H groups in total. The van der Waals surface area contributed by atoms with Gasteiger partial charge >= 0.3 is 0 Å². The molecule has 0 bridgehead atoms. The van der Waals surface area contributed by atoms with Gasteiger partial charge in [-0.2, -0.15) is 0 Å². The van der Waals surface area contributed by atoms with Gasteiger partial charge in [0.05, 0.1) is 12.1 Å². The number of carbonyl (C=O) groups is 2. The maximum atomic E-state index is 13.5. The Hall–Kier alpha value is -2.96. The molecule has 0 aliphatic carbocycles. The first-order valence-electron chi connectivity index (χ1n) is 7.30. The number of hydrogen-bond donors (Lipinski definition) is 2. The molecule has 0 saturated heterocycles. The lowest BCUT2D eigenvalue weighted by Crippen LogP contribution is -2.41. The number of benzene rings is 2. The molecular formula is C17H14F2N2O3. The van der Waals surface area contributed by atoms with Crippen LogP contribution >= 0.6 is 0 Å². The van der Waals surface area contributed by atoms with Gasteiger partial charge in [0, 0.05) is 12.1 Å². The predicted octanol–water partition coefficient (Wildman–Crippen LogP) is 2.37. The molecule has 124 valence electrons. The van der Waals surface area contributed by atoms with Gasteiger partial charge in [0.1, 0.15) is 17.4 Å². The molecule has 1 aliphatic heterocycles. The van der Waals surface area contributed by atoms with E-state index in [4.69, 9.17) is 4.74 Å². The van der Waals surface area contributed by atoms with Crippen molar-refractivity contribution in [2.75, 3.05) is 5.32 Å². The van der Waals surface area contributed by atoms with Gasteiger partial charge in [-0.1, -0.05) is 18.2 Å². The lowest BCUT2D eigenvalue weighted by Gasteiger charge is -2.25. The topological polar surface area (TPSA) is 67.4 Å². The summed E-state index contributed by atoms with van der Waals surface area (Å²) in [5.74, 6) is -2.00. The number of hydrogen-bond acceptors (Lipinski definition) is 3. The molecule has 2 amide bonds. The number of para-hydroxylation sites is 2. The molecule has 0 aromatic heterocycles. The minimum Gasteiger partial charge on any atom is -0.478 e. The van der Waals surface area contributed by atoms with Crippen LogP contribution in [0.1, 0.15) is 12.0 Å². The second kappa shape index (κ2) is 6.66. The van der Waals surface area contributed by atoms with Crippen LogP contribution in [0.15, 0.2) is 42.5 Å². The zero-order valence-electron chi connectivity index (χ0n) is 12.5. The van der Waals surface area contributed by atoms with Gasteiger partial charge in [-0.15, -0.1) is 0 Å². The molecule has 2 aromatic carbocycles. The number of rotatable bonds is 4. The molecule has 7 heteroatoms. The first-order valence-corrected chi connectivity index (χ1v) is 7.30. The number of halogens is 2. The smallest absolute Gasteiger partial charge is 0.266 e. The zero-order valence-corrected chi connectivity index (χ0v) is 12.5. The summed E-state index contributed by atoms with van der Waals surface area (Å²) >= 11 is 0. The highest BCUT2D eigenvalue weighted by molar-refractivity contribution is 5.99. The maximum Gasteiger partial charge on any atom is 0.266 e. The third-order valence-corrected chi connectivity index (χ3v) is 3.60. The fraction of sp³-hybridized carbons (Fsp3) is 0.176. The quantitative estimate of drug-likeness (QED) is 0.903. The largest absolute Gasteiger partial charge is 0.478 e. The van der Waals surface area contributed by atoms with Crippen molar-refractivity contribution in [3.8, 4) is 5.75 Å². The minimum absolute atomic E-state index is 0.231. The fourth-order valence-corrected chi connectivity index (χ4v) is 2.36. The van der Waals surface area contributed by atoms with Crippen LogP contribution in [0.25, 0.3) is 0 Å². The average molecular weight is 332 g/mol. The number of fused-ring (bicyclic) bond motifs is 1. The number of nitrogens with one attached hydrogen (secondary N) is 2. The molecule has 1 atom stereocenters. The summed E-state index contributed by atoms with van der Waals surface area (Å²) in [4.78, 5) is 23.9. The van der Waals surface area contributed by atoms with Crippen molar-refractivity contribution in [3.05, 3.63) is 59.7 Å². The molecule has 0 saturated carbocycles. The Labute approximate surface area is 136 Å². The van der Waals surface area contributed by atoms with Crippen molar-refractivity contribution < 1.29 is 23.1 Å². The lowest BCUT2D eigenvalue weighted by molar-refractivity contribution is -0.130. The van der Waals surface area contributed by atoms with Crippen LogP contribution in [-0.4, -0.2) is 17.9 Å². The van der Waals surface area contributed by atoms with Crippen LogP contribution in [0, 0.1) is 11.6 Å². The summed E-state index contributed by atoms with van der Waals surface area (Å²) in [6.07, 6.45) is -1.25. The van der Waals surface area contributed by atoms with Gasteiger partial charge in [0.15, 0.2) is 6.10 Å². The average Bonchev–Trinajstić information content (AvgIpc) is 2.55. The molecule has 0 unspecified atom stereocenters. The van der Waals surface area contributed by atoms with Crippen molar-refractivity contribution in [1.29, 1.82) is 0 Å². The molecule has 0 fully saturated rings. The predicted molar refractivity (Wildman–Crippen MR) is 82.3 cm³/mol. The van der Waals surface area contributed by atoms with E-state index in [1.54, 1.807) is 24.3 Å². The Balaban J connectivity index is 1.60. The Morgan fingerprint density at radius 3 is 2.58 bits per heavy atom. The van der Waals surface area contributed by atoms with Crippen LogP contribution in [0.2, 0.25) is 0 Å². The van der Waals surface area contributed by atoms with E-state index >= 15 is 0 Å². The van der Waals surface area contributed by atoms with Crippen molar-refractivity contribution >= 4 is 17.5 Å². The first kappa shape index (κ1) is 15.9. The third kappa shape index (κ3) is 3.34. The normalized spacial score (nSPS) is 15.9. The second-order valence-corrected chi connectivity index (χ2v) is 5.27. The second-order valence-electron chi connectivity index (χ2n) is 5.27. The van der Waals surface area contributed by atoms with Gasteiger partial charge < -0.3 is 15.4 Å². The van der Waals surface area contributed by atoms with E-state index in [0.717, 1.165) is 12.1 Å². The fourth-order valence-electron chi connectivity index (χ4n) is 2.36. The monoisotopic (exact) mass is 332 g/mol. The molecule has 2 aromatic rings. The molecule has 0 spiro atoms. The molecule has 3 rings (SSSR count). The van der Waals surface area contributed by atoms with E-state index in [1.165, 1.54) is 6.07 Å². The van der Waals surface area contributed by atoms with Gasteiger partial charge in [0.2, 0.25) is 5.91 Å². The van der Waals surface area contributed by atoms with Gasteiger partial charge in [-0.25, -0.2) is 8.78 Å². The molecule has 1 aliphatic rings. The Morgan fingerprint density at radius 2 is 1.83 bits per heavy atom. The number of ether oxygens (including phenoxy) is 1. The van der Waals surface area contributed by atoms with E-state index < -0.39 is 29.6 Å². The standard InChI is InChI=1S/C17H14F2N2O3/c18-11-4-3-5-12(19)10(11)9-20-16(22)8-15-17(23)21-13-6-1-2-7-14(13)24-15/h1-7,15H,8-9H2,(H,20,22)(H,21,23)/t15-/m1/s1. The maximum absolute atomic E-state index is 13.5. The highest BCUT2D eigenvalue weighted by Gasteiger charge is 2.29. The summed E-state index contributed by atoms with van der Waals surface area (Å²) in [5, 5.41) is 5.04. The van der Waals surface area contributed by atoms with Crippen molar-refractivity contribution in [2.24, 2.45) is 0 Å². The van der Waals surface area contributed by atoms with Crippen LogP contribution < -0.4 is 15.4 Å². The van der Waals surface area contributed by atoms with Crippen molar-refractivity contribution in [3.63, 3.8) is 0 Å². The lowest BCUT2D eigenvalue weighted by atomic mass is 10.1. The van der Waals surface area contributed by atoms with Gasteiger partial charge in [0.25, 0.3) is 5.91 Å². The Bertz CT molecular complexity index is 775. The SMILES string of the molecule is O=C(C[C@H]1Oc2ccccc2NC1=O)NCc1c(F)cccc1F. The summed E-state index contributed by atoms with van der Waals surface area (Å²) in [7, 11) is 0. The van der Waals surface area contributed by atoms with Crippen LogP contribution in [0.3, 0.4) is 0 Å². The van der Waals surface area contributed by atoms with Gasteiger partial charge in [-0.05, 0) is 24.3 Å². The van der Waals surface area contributed by atoms with E-state index in [1.807, 2.05) is 0 Å². The number of carbonyl (C=O) groups excluding carboxylic acids is 2. The van der Waals surface area contributed by atoms with Crippen molar-refractivity contribution in [2.45, 2.75) is 19.1 Å². The van der Waals surface area contributed by atoms with Crippen molar-refractivity contribution in [1.82, 2.24) is 5.32 Å². The van der Waals surface area contributed by atoms with Gasteiger partial charge in [-0.3, -0.25) is 9.59 Å². The Kier molecular flexibility index (Phi) is 4.41. The Morgan fingerprint density at radius 1 is 1.12 bits per heavy atom. The molecule has 0 radical (unpaired) electrons. The third-order valence-electron chi connectivity index (χ3n) is 3.60. The highest BCUT2D eigenvalue weighted by Crippen LogP contribution is 2.29. The number of amides is 2. The zero-order chi connectivity index (χ0) is 17.1. The molecule has 1 heterocycles. The van der Waals surface area contributed by atoms with E-state index in [0.29, 0.717) is 11.4 Å². The van der Waals surface area contributed by atoms with E-state index in [2.05, 4.69) is 10.6 Å². The summed E-state index contributed by atoms with van der Waals surface area (Å²) in [6, 6.07) is 10.3. The number of anilines is 1. The summed E-state index contributed by atoms with van der Waals surface area (Å²) < 4.78 is 32.5. The molecular weight excluding hydrogens is 318 g/mol. The first-order chi connectivity index (χ1) is 11.5. The molecule has 5 nitrogen and oxygen atoms in total. The van der Waals surface area contributed by atoms with E-state index in [-0.39, 0.29) is 18.5 Å². The van der Waals surface area contributed by atoms with Crippen LogP contribution in [0.5, 0.6) is 5.75 Å². The van der Waals surface area contributed by atoms with E-state index in [9.17, 15) is 18.4 Å². The highest BCUT2D eigenvalue weighted by atomic mass is 19.1.